The second kappa shape index (κ2) is 11.8. The second-order valence-corrected chi connectivity index (χ2v) is 13.9. The summed E-state index contributed by atoms with van der Waals surface area (Å²) in [5, 5.41) is 28.7. The zero-order chi connectivity index (χ0) is 36.6. The van der Waals surface area contributed by atoms with Gasteiger partial charge in [0.25, 0.3) is 0 Å². The monoisotopic (exact) mass is 699 g/mol. The molecule has 0 aliphatic rings. The molecule has 0 spiro atoms. The third kappa shape index (κ3) is 4.27. The van der Waals surface area contributed by atoms with Crippen LogP contribution in [0.1, 0.15) is 11.1 Å². The molecule has 11 aromatic rings. The van der Waals surface area contributed by atoms with E-state index in [4.69, 9.17) is 0 Å². The van der Waals surface area contributed by atoms with Gasteiger partial charge in [-0.2, -0.15) is 10.5 Å². The molecule has 0 bridgehead atoms. The fraction of sp³-hybridized carbons (Fsp3) is 0. The predicted octanol–water partition coefficient (Wildman–Crippen LogP) is 12.4. The van der Waals surface area contributed by atoms with Crippen LogP contribution in [-0.2, 0) is 0 Å². The predicted molar refractivity (Wildman–Crippen MR) is 224 cm³/mol. The number of nitrogens with zero attached hydrogens (tertiary/aromatic N) is 5. The average Bonchev–Trinajstić information content (AvgIpc) is 3.89. The maximum absolute atomic E-state index is 11.0. The topological polar surface area (TPSA) is 62.4 Å². The molecule has 0 aliphatic carbocycles. The molecule has 0 unspecified atom stereocenters. The molecule has 254 valence electrons. The van der Waals surface area contributed by atoms with Crippen molar-refractivity contribution in [3.8, 4) is 40.3 Å². The van der Waals surface area contributed by atoms with Crippen molar-refractivity contribution in [2.24, 2.45) is 0 Å². The van der Waals surface area contributed by atoms with Crippen LogP contribution in [0.3, 0.4) is 0 Å². The van der Waals surface area contributed by atoms with Crippen LogP contribution < -0.4 is 0 Å². The van der Waals surface area contributed by atoms with Crippen LogP contribution in [0.15, 0.2) is 176 Å². The van der Waals surface area contributed by atoms with E-state index in [1.54, 1.807) is 0 Å². The molecular weight excluding hydrogens is 671 g/mol. The quantitative estimate of drug-likeness (QED) is 0.184. The summed E-state index contributed by atoms with van der Waals surface area (Å²) in [4.78, 5) is 0. The van der Waals surface area contributed by atoms with Crippen molar-refractivity contribution in [1.29, 1.82) is 10.5 Å². The van der Waals surface area contributed by atoms with E-state index in [9.17, 15) is 10.5 Å². The summed E-state index contributed by atoms with van der Waals surface area (Å²) in [6.45, 7) is 0. The van der Waals surface area contributed by atoms with E-state index < -0.39 is 0 Å². The normalized spacial score (nSPS) is 11.6. The fourth-order valence-corrected chi connectivity index (χ4v) is 8.91. The van der Waals surface area contributed by atoms with Gasteiger partial charge in [0.2, 0.25) is 0 Å². The van der Waals surface area contributed by atoms with E-state index in [1.165, 1.54) is 5.39 Å². The second-order valence-electron chi connectivity index (χ2n) is 13.9. The number of rotatable bonds is 4. The molecule has 0 N–H and O–H groups in total. The molecule has 0 saturated carbocycles. The van der Waals surface area contributed by atoms with Gasteiger partial charge in [-0.15, -0.1) is 0 Å². The molecule has 0 atom stereocenters. The van der Waals surface area contributed by atoms with Crippen LogP contribution in [0.4, 0.5) is 0 Å². The zero-order valence-electron chi connectivity index (χ0n) is 29.5. The number of benzene rings is 8. The minimum absolute atomic E-state index is 0.343. The third-order valence-electron chi connectivity index (χ3n) is 11.1. The maximum Gasteiger partial charge on any atom is 0.103 e. The molecule has 55 heavy (non-hydrogen) atoms. The molecule has 8 aromatic carbocycles. The van der Waals surface area contributed by atoms with Gasteiger partial charge in [-0.1, -0.05) is 127 Å². The van der Waals surface area contributed by atoms with Crippen molar-refractivity contribution in [1.82, 2.24) is 13.7 Å². The van der Waals surface area contributed by atoms with Crippen LogP contribution in [0.2, 0.25) is 0 Å². The summed E-state index contributed by atoms with van der Waals surface area (Å²) in [5.41, 5.74) is 11.3. The number of aromatic nitrogens is 3. The number of hydrogen-bond donors (Lipinski definition) is 0. The molecule has 5 nitrogen and oxygen atoms in total. The standard InChI is InChI=1S/C50H29N5/c51-30-41-33(28-29-48(42(41)31-52)54-44-22-10-5-17-35(44)36-18-6-11-23-45(36)54)34-16-4-12-24-46(34)55-47-25-13-8-20-38(47)40-27-26-39-37-19-7-9-21-43(37)53(49(39)50(40)55)32-14-2-1-3-15-32/h1-29H. The van der Waals surface area contributed by atoms with Gasteiger partial charge in [0, 0.05) is 49.1 Å². The van der Waals surface area contributed by atoms with E-state index in [-0.39, 0.29) is 0 Å². The highest BCUT2D eigenvalue weighted by Gasteiger charge is 2.25. The largest absolute Gasteiger partial charge is 0.308 e. The van der Waals surface area contributed by atoms with Gasteiger partial charge in [-0.25, -0.2) is 0 Å². The van der Waals surface area contributed by atoms with Crippen LogP contribution in [0, 0.1) is 22.7 Å². The molecule has 0 amide bonds. The van der Waals surface area contributed by atoms with Crippen LogP contribution in [0.25, 0.3) is 93.6 Å². The first kappa shape index (κ1) is 30.7. The van der Waals surface area contributed by atoms with Gasteiger partial charge in [0.15, 0.2) is 0 Å². The lowest BCUT2D eigenvalue weighted by Gasteiger charge is -2.18. The van der Waals surface area contributed by atoms with Gasteiger partial charge in [0.1, 0.15) is 12.1 Å². The lowest BCUT2D eigenvalue weighted by molar-refractivity contribution is 1.15. The smallest absolute Gasteiger partial charge is 0.103 e. The summed E-state index contributed by atoms with van der Waals surface area (Å²) in [7, 11) is 0. The van der Waals surface area contributed by atoms with E-state index in [0.29, 0.717) is 22.4 Å². The minimum Gasteiger partial charge on any atom is -0.308 e. The Balaban J connectivity index is 1.24. The van der Waals surface area contributed by atoms with Crippen LogP contribution in [0.5, 0.6) is 0 Å². The average molecular weight is 700 g/mol. The molecule has 5 heteroatoms. The molecule has 0 fully saturated rings. The van der Waals surface area contributed by atoms with Gasteiger partial charge >= 0.3 is 0 Å². The molecule has 0 aliphatic heterocycles. The van der Waals surface area contributed by atoms with Crippen molar-refractivity contribution in [2.45, 2.75) is 0 Å². The first-order chi connectivity index (χ1) is 27.3. The van der Waals surface area contributed by atoms with Gasteiger partial charge in [0.05, 0.1) is 55.6 Å². The Morgan fingerprint density at radius 1 is 0.309 bits per heavy atom. The lowest BCUT2D eigenvalue weighted by Crippen LogP contribution is -2.04. The number of hydrogen-bond acceptors (Lipinski definition) is 2. The Morgan fingerprint density at radius 3 is 1.35 bits per heavy atom. The fourth-order valence-electron chi connectivity index (χ4n) is 8.91. The molecule has 3 aromatic heterocycles. The van der Waals surface area contributed by atoms with E-state index in [1.807, 2.05) is 42.5 Å². The Bertz CT molecular complexity index is 3400. The minimum atomic E-state index is 0.343. The van der Waals surface area contributed by atoms with Crippen molar-refractivity contribution < 1.29 is 0 Å². The van der Waals surface area contributed by atoms with E-state index >= 15 is 0 Å². The van der Waals surface area contributed by atoms with Gasteiger partial charge in [-0.3, -0.25) is 0 Å². The highest BCUT2D eigenvalue weighted by Crippen LogP contribution is 2.44. The lowest BCUT2D eigenvalue weighted by atomic mass is 9.93. The van der Waals surface area contributed by atoms with E-state index in [0.717, 1.165) is 77.0 Å². The zero-order valence-corrected chi connectivity index (χ0v) is 29.5. The van der Waals surface area contributed by atoms with Crippen molar-refractivity contribution in [2.75, 3.05) is 0 Å². The Labute approximate surface area is 316 Å². The maximum atomic E-state index is 11.0. The van der Waals surface area contributed by atoms with Crippen molar-refractivity contribution in [3.05, 3.63) is 187 Å². The molecular formula is C50H29N5. The number of nitriles is 2. The molecule has 0 radical (unpaired) electrons. The van der Waals surface area contributed by atoms with Gasteiger partial charge < -0.3 is 13.7 Å². The Hall–Kier alpha value is -7.86. The number of fused-ring (bicyclic) bond motifs is 10. The molecule has 11 rings (SSSR count). The van der Waals surface area contributed by atoms with Gasteiger partial charge in [-0.05, 0) is 48.5 Å². The summed E-state index contributed by atoms with van der Waals surface area (Å²) < 4.78 is 6.85. The van der Waals surface area contributed by atoms with E-state index in [2.05, 4.69) is 159 Å². The van der Waals surface area contributed by atoms with Crippen molar-refractivity contribution >= 4 is 65.4 Å². The summed E-state index contributed by atoms with van der Waals surface area (Å²) in [5.74, 6) is 0. The Morgan fingerprint density at radius 2 is 0.764 bits per heavy atom. The summed E-state index contributed by atoms with van der Waals surface area (Å²) >= 11 is 0. The van der Waals surface area contributed by atoms with Crippen LogP contribution >= 0.6 is 0 Å². The Kier molecular flexibility index (Phi) is 6.61. The first-order valence-electron chi connectivity index (χ1n) is 18.3. The van der Waals surface area contributed by atoms with Crippen molar-refractivity contribution in [3.63, 3.8) is 0 Å². The SMILES string of the molecule is N#Cc1c(-c2ccccc2-n2c3ccccc3c3ccc4c5ccccc5n(-c5ccccc5)c4c32)ccc(-n2c3ccccc3c3ccccc32)c1C#N. The highest BCUT2D eigenvalue weighted by molar-refractivity contribution is 6.24. The number of para-hydroxylation sites is 6. The molecule has 0 saturated heterocycles. The third-order valence-corrected chi connectivity index (χ3v) is 11.1. The summed E-state index contributed by atoms with van der Waals surface area (Å²) in [6, 6.07) is 65.9. The summed E-state index contributed by atoms with van der Waals surface area (Å²) in [6.07, 6.45) is 0. The molecule has 3 heterocycles. The first-order valence-corrected chi connectivity index (χ1v) is 18.3. The highest BCUT2D eigenvalue weighted by atomic mass is 15.0. The van der Waals surface area contributed by atoms with Crippen LogP contribution in [-0.4, -0.2) is 13.7 Å².